The molecule has 1 rings (SSSR count). The van der Waals surface area contributed by atoms with Crippen LogP contribution in [-0.2, 0) is 14.3 Å². The van der Waals surface area contributed by atoms with Crippen molar-refractivity contribution >= 4 is 11.8 Å². The summed E-state index contributed by atoms with van der Waals surface area (Å²) in [5.74, 6) is -0.0783. The van der Waals surface area contributed by atoms with Gasteiger partial charge in [0.05, 0.1) is 12.6 Å². The van der Waals surface area contributed by atoms with Crippen molar-refractivity contribution in [3.63, 3.8) is 0 Å². The highest BCUT2D eigenvalue weighted by Crippen LogP contribution is 2.26. The first kappa shape index (κ1) is 15.0. The highest BCUT2D eigenvalue weighted by Gasteiger charge is 2.48. The molecule has 0 aromatic carbocycles. The number of amides is 2. The molecule has 1 heterocycles. The van der Waals surface area contributed by atoms with E-state index in [-0.39, 0.29) is 17.9 Å². The van der Waals surface area contributed by atoms with Gasteiger partial charge in [-0.25, -0.2) is 0 Å². The van der Waals surface area contributed by atoms with Gasteiger partial charge in [-0.15, -0.1) is 0 Å². The third-order valence-corrected chi connectivity index (χ3v) is 3.89. The largest absolute Gasteiger partial charge is 0.383 e. The molecule has 0 aliphatic carbocycles. The molecule has 0 saturated carbocycles. The molecule has 1 saturated heterocycles. The van der Waals surface area contributed by atoms with Crippen LogP contribution in [0.3, 0.4) is 0 Å². The minimum atomic E-state index is -0.744. The highest BCUT2D eigenvalue weighted by atomic mass is 16.5. The molecule has 104 valence electrons. The number of rotatable bonds is 5. The van der Waals surface area contributed by atoms with Gasteiger partial charge in [0, 0.05) is 7.11 Å². The van der Waals surface area contributed by atoms with Gasteiger partial charge in [0.1, 0.15) is 11.6 Å². The normalized spacial score (nSPS) is 24.9. The predicted octanol–water partition coefficient (Wildman–Crippen LogP) is 0.927. The molecule has 5 nitrogen and oxygen atoms in total. The van der Waals surface area contributed by atoms with Crippen LogP contribution in [0, 0.1) is 0 Å². The quantitative estimate of drug-likeness (QED) is 0.796. The monoisotopic (exact) mass is 256 g/mol. The Labute approximate surface area is 109 Å². The Morgan fingerprint density at radius 2 is 1.94 bits per heavy atom. The van der Waals surface area contributed by atoms with Crippen LogP contribution < -0.4 is 5.32 Å². The van der Waals surface area contributed by atoms with Crippen LogP contribution in [0.2, 0.25) is 0 Å². The topological polar surface area (TPSA) is 58.6 Å². The number of methoxy groups -OCH3 is 1. The average molecular weight is 256 g/mol. The van der Waals surface area contributed by atoms with Crippen LogP contribution in [0.4, 0.5) is 0 Å². The highest BCUT2D eigenvalue weighted by molar-refractivity contribution is 5.99. The molecule has 0 aromatic rings. The first-order chi connectivity index (χ1) is 8.43. The number of nitrogens with zero attached hydrogens (tertiary/aromatic N) is 1. The van der Waals surface area contributed by atoms with Gasteiger partial charge in [-0.05, 0) is 26.7 Å². The molecule has 2 amide bonds. The average Bonchev–Trinajstić information content (AvgIpc) is 2.35. The van der Waals surface area contributed by atoms with Crippen LogP contribution in [0.1, 0.15) is 40.5 Å². The molecular formula is C13H24N2O3. The predicted molar refractivity (Wildman–Crippen MR) is 69.1 cm³/mol. The van der Waals surface area contributed by atoms with E-state index in [1.165, 1.54) is 0 Å². The van der Waals surface area contributed by atoms with Gasteiger partial charge in [0.2, 0.25) is 11.8 Å². The van der Waals surface area contributed by atoms with Crippen molar-refractivity contribution in [2.24, 2.45) is 0 Å². The van der Waals surface area contributed by atoms with E-state index in [0.717, 1.165) is 0 Å². The Hall–Kier alpha value is -1.10. The summed E-state index contributed by atoms with van der Waals surface area (Å²) >= 11 is 0. The zero-order valence-electron chi connectivity index (χ0n) is 11.9. The van der Waals surface area contributed by atoms with Gasteiger partial charge < -0.3 is 15.0 Å². The van der Waals surface area contributed by atoms with E-state index in [1.54, 1.807) is 18.9 Å². The molecule has 0 spiro atoms. The number of hydrogen-bond donors (Lipinski definition) is 1. The van der Waals surface area contributed by atoms with E-state index in [2.05, 4.69) is 5.32 Å². The van der Waals surface area contributed by atoms with E-state index < -0.39 is 11.6 Å². The van der Waals surface area contributed by atoms with Gasteiger partial charge in [0.25, 0.3) is 0 Å². The van der Waals surface area contributed by atoms with Gasteiger partial charge in [-0.1, -0.05) is 13.8 Å². The third kappa shape index (κ3) is 2.36. The van der Waals surface area contributed by atoms with Crippen LogP contribution in [-0.4, -0.2) is 48.1 Å². The van der Waals surface area contributed by atoms with Crippen LogP contribution >= 0.6 is 0 Å². The maximum atomic E-state index is 12.6. The van der Waals surface area contributed by atoms with E-state index in [0.29, 0.717) is 19.4 Å². The Kier molecular flexibility index (Phi) is 4.73. The molecule has 5 heteroatoms. The lowest BCUT2D eigenvalue weighted by molar-refractivity contribution is -0.158. The molecule has 1 aliphatic heterocycles. The van der Waals surface area contributed by atoms with Crippen molar-refractivity contribution in [2.75, 3.05) is 13.7 Å². The zero-order chi connectivity index (χ0) is 13.9. The standard InChI is InChI=1S/C13H24N2O3/c1-6-13(7-2)12(17)15(9(3)8-18-5)10(4)11(16)14-13/h9-10H,6-8H2,1-5H3,(H,14,16). The maximum Gasteiger partial charge on any atom is 0.249 e. The van der Waals surface area contributed by atoms with Gasteiger partial charge in [-0.2, -0.15) is 0 Å². The second-order valence-corrected chi connectivity index (χ2v) is 4.97. The second-order valence-electron chi connectivity index (χ2n) is 4.97. The van der Waals surface area contributed by atoms with Crippen LogP contribution in [0.15, 0.2) is 0 Å². The lowest BCUT2D eigenvalue weighted by atomic mass is 9.86. The number of ether oxygens (including phenoxy) is 1. The number of piperazine rings is 1. The van der Waals surface area contributed by atoms with E-state index in [9.17, 15) is 9.59 Å². The summed E-state index contributed by atoms with van der Waals surface area (Å²) in [6, 6.07) is -0.533. The minimum absolute atomic E-state index is 0.00384. The first-order valence-electron chi connectivity index (χ1n) is 6.57. The number of hydrogen-bond acceptors (Lipinski definition) is 3. The number of carbonyl (C=O) groups excluding carboxylic acids is 2. The fourth-order valence-electron chi connectivity index (χ4n) is 2.58. The minimum Gasteiger partial charge on any atom is -0.383 e. The molecule has 18 heavy (non-hydrogen) atoms. The summed E-state index contributed by atoms with van der Waals surface area (Å²) in [5, 5.41) is 2.88. The van der Waals surface area contributed by atoms with Gasteiger partial charge in [-0.3, -0.25) is 9.59 Å². The molecule has 1 N–H and O–H groups in total. The third-order valence-electron chi connectivity index (χ3n) is 3.89. The van der Waals surface area contributed by atoms with Gasteiger partial charge >= 0.3 is 0 Å². The van der Waals surface area contributed by atoms with Crippen molar-refractivity contribution in [1.29, 1.82) is 0 Å². The molecular weight excluding hydrogens is 232 g/mol. The Morgan fingerprint density at radius 1 is 1.39 bits per heavy atom. The molecule has 0 aromatic heterocycles. The lowest BCUT2D eigenvalue weighted by Gasteiger charge is -2.46. The summed E-state index contributed by atoms with van der Waals surface area (Å²) in [6.45, 7) is 7.96. The van der Waals surface area contributed by atoms with E-state index >= 15 is 0 Å². The second kappa shape index (κ2) is 5.69. The van der Waals surface area contributed by atoms with E-state index in [4.69, 9.17) is 4.74 Å². The van der Waals surface area contributed by atoms with Crippen LogP contribution in [0.5, 0.6) is 0 Å². The van der Waals surface area contributed by atoms with Crippen molar-refractivity contribution in [3.8, 4) is 0 Å². The Morgan fingerprint density at radius 3 is 2.39 bits per heavy atom. The smallest absolute Gasteiger partial charge is 0.249 e. The van der Waals surface area contributed by atoms with Crippen molar-refractivity contribution < 1.29 is 14.3 Å². The summed E-state index contributed by atoms with van der Waals surface area (Å²) in [7, 11) is 1.60. The summed E-state index contributed by atoms with van der Waals surface area (Å²) in [6.07, 6.45) is 1.22. The van der Waals surface area contributed by atoms with Crippen molar-refractivity contribution in [3.05, 3.63) is 0 Å². The van der Waals surface area contributed by atoms with E-state index in [1.807, 2.05) is 20.8 Å². The summed E-state index contributed by atoms with van der Waals surface area (Å²) in [4.78, 5) is 26.3. The molecule has 2 atom stereocenters. The number of nitrogens with one attached hydrogen (secondary N) is 1. The number of carbonyl (C=O) groups is 2. The lowest BCUT2D eigenvalue weighted by Crippen LogP contribution is -2.71. The fraction of sp³-hybridized carbons (Fsp3) is 0.846. The van der Waals surface area contributed by atoms with Crippen molar-refractivity contribution in [1.82, 2.24) is 10.2 Å². The molecule has 2 unspecified atom stereocenters. The fourth-order valence-corrected chi connectivity index (χ4v) is 2.58. The Balaban J connectivity index is 3.06. The SMILES string of the molecule is CCC1(CC)NC(=O)C(C)N(C(C)COC)C1=O. The first-order valence-corrected chi connectivity index (χ1v) is 6.57. The van der Waals surface area contributed by atoms with Crippen molar-refractivity contribution in [2.45, 2.75) is 58.2 Å². The molecule has 0 bridgehead atoms. The summed E-state index contributed by atoms with van der Waals surface area (Å²) < 4.78 is 5.10. The Bertz CT molecular complexity index is 326. The maximum absolute atomic E-state index is 12.6. The molecule has 1 fully saturated rings. The van der Waals surface area contributed by atoms with Crippen LogP contribution in [0.25, 0.3) is 0 Å². The van der Waals surface area contributed by atoms with Gasteiger partial charge in [0.15, 0.2) is 0 Å². The summed E-state index contributed by atoms with van der Waals surface area (Å²) in [5.41, 5.74) is -0.744. The zero-order valence-corrected chi connectivity index (χ0v) is 11.9. The molecule has 0 radical (unpaired) electrons. The molecule has 1 aliphatic rings.